The number of ketones is 1. The Hall–Kier alpha value is -1.45. The molecule has 1 N–H and O–H groups in total. The average Bonchev–Trinajstić information content (AvgIpc) is 2.01. The van der Waals surface area contributed by atoms with E-state index in [1.807, 2.05) is 0 Å². The molecular weight excluding hydrogens is 146 g/mol. The van der Waals surface area contributed by atoms with E-state index in [1.165, 1.54) is 0 Å². The standard InChI is InChI=1S/C7H9NO3/c1-2-7(11)8-5-6(10)3-4-9/h2,4H,1,3,5H2,(H,8,11). The number of carbonyl (C=O) groups is 3. The summed E-state index contributed by atoms with van der Waals surface area (Å²) in [7, 11) is 0. The predicted molar refractivity (Wildman–Crippen MR) is 38.9 cm³/mol. The third-order valence-corrected chi connectivity index (χ3v) is 0.956. The maximum Gasteiger partial charge on any atom is 0.243 e. The fourth-order valence-corrected chi connectivity index (χ4v) is 0.423. The summed E-state index contributed by atoms with van der Waals surface area (Å²) < 4.78 is 0. The predicted octanol–water partition coefficient (Wildman–Crippen LogP) is -0.553. The number of carbonyl (C=O) groups excluding carboxylic acids is 3. The smallest absolute Gasteiger partial charge is 0.243 e. The van der Waals surface area contributed by atoms with Crippen molar-refractivity contribution in [3.8, 4) is 0 Å². The van der Waals surface area contributed by atoms with E-state index in [0.717, 1.165) is 6.08 Å². The molecule has 0 aliphatic heterocycles. The summed E-state index contributed by atoms with van der Waals surface area (Å²) in [5.74, 6) is -0.723. The highest BCUT2D eigenvalue weighted by molar-refractivity contribution is 5.95. The highest BCUT2D eigenvalue weighted by Gasteiger charge is 2.00. The Bertz CT molecular complexity index is 186. The molecule has 0 aromatic heterocycles. The minimum absolute atomic E-state index is 0.108. The molecule has 4 heteroatoms. The van der Waals surface area contributed by atoms with E-state index >= 15 is 0 Å². The van der Waals surface area contributed by atoms with Crippen LogP contribution in [-0.2, 0) is 14.4 Å². The maximum absolute atomic E-state index is 10.6. The minimum Gasteiger partial charge on any atom is -0.345 e. The van der Waals surface area contributed by atoms with Crippen LogP contribution < -0.4 is 5.32 Å². The van der Waals surface area contributed by atoms with Crippen LogP contribution in [-0.4, -0.2) is 24.5 Å². The van der Waals surface area contributed by atoms with Crippen LogP contribution in [0.4, 0.5) is 0 Å². The summed E-state index contributed by atoms with van der Waals surface area (Å²) in [6, 6.07) is 0. The first kappa shape index (κ1) is 9.55. The van der Waals surface area contributed by atoms with Gasteiger partial charge < -0.3 is 10.1 Å². The van der Waals surface area contributed by atoms with Gasteiger partial charge in [0.05, 0.1) is 13.0 Å². The highest BCUT2D eigenvalue weighted by Crippen LogP contribution is 1.75. The molecule has 0 bridgehead atoms. The Morgan fingerprint density at radius 2 is 2.09 bits per heavy atom. The lowest BCUT2D eigenvalue weighted by Gasteiger charge is -1.96. The van der Waals surface area contributed by atoms with Crippen LogP contribution in [0.5, 0.6) is 0 Å². The van der Waals surface area contributed by atoms with Crippen molar-refractivity contribution in [3.05, 3.63) is 12.7 Å². The maximum atomic E-state index is 10.6. The Morgan fingerprint density at radius 3 is 2.55 bits per heavy atom. The molecule has 0 aliphatic carbocycles. The van der Waals surface area contributed by atoms with E-state index in [1.54, 1.807) is 0 Å². The summed E-state index contributed by atoms with van der Waals surface area (Å²) in [5, 5.41) is 2.25. The molecule has 1 amide bonds. The zero-order valence-electron chi connectivity index (χ0n) is 6.00. The summed E-state index contributed by atoms with van der Waals surface area (Å²) in [6.45, 7) is 3.08. The lowest BCUT2D eigenvalue weighted by atomic mass is 10.3. The van der Waals surface area contributed by atoms with Crippen LogP contribution >= 0.6 is 0 Å². The number of rotatable bonds is 5. The molecular formula is C7H9NO3. The number of hydrogen-bond acceptors (Lipinski definition) is 3. The molecule has 0 saturated heterocycles. The molecule has 0 unspecified atom stereocenters. The molecule has 0 fully saturated rings. The van der Waals surface area contributed by atoms with Gasteiger partial charge in [-0.2, -0.15) is 0 Å². The van der Waals surface area contributed by atoms with Crippen LogP contribution in [0.15, 0.2) is 12.7 Å². The topological polar surface area (TPSA) is 63.2 Å². The average molecular weight is 155 g/mol. The second kappa shape index (κ2) is 5.34. The molecule has 0 spiro atoms. The van der Waals surface area contributed by atoms with Crippen LogP contribution in [0.2, 0.25) is 0 Å². The first-order chi connectivity index (χ1) is 5.20. The molecule has 0 radical (unpaired) electrons. The van der Waals surface area contributed by atoms with E-state index < -0.39 is 5.91 Å². The van der Waals surface area contributed by atoms with Gasteiger partial charge in [-0.15, -0.1) is 0 Å². The Labute approximate surface area is 64.3 Å². The largest absolute Gasteiger partial charge is 0.345 e. The van der Waals surface area contributed by atoms with Crippen molar-refractivity contribution in [2.75, 3.05) is 6.54 Å². The van der Waals surface area contributed by atoms with Crippen molar-refractivity contribution < 1.29 is 14.4 Å². The van der Waals surface area contributed by atoms with Gasteiger partial charge in [-0.05, 0) is 6.08 Å². The zero-order valence-corrected chi connectivity index (χ0v) is 6.00. The normalized spacial score (nSPS) is 8.36. The third kappa shape index (κ3) is 5.02. The Balaban J connectivity index is 3.53. The zero-order chi connectivity index (χ0) is 8.69. The quantitative estimate of drug-likeness (QED) is 0.329. The first-order valence-electron chi connectivity index (χ1n) is 3.06. The molecule has 0 aliphatic rings. The fraction of sp³-hybridized carbons (Fsp3) is 0.286. The molecule has 0 aromatic rings. The molecule has 0 saturated carbocycles. The molecule has 0 atom stereocenters. The van der Waals surface area contributed by atoms with Crippen molar-refractivity contribution in [1.82, 2.24) is 5.32 Å². The van der Waals surface area contributed by atoms with Gasteiger partial charge in [0.25, 0.3) is 0 Å². The Kier molecular flexibility index (Phi) is 4.64. The number of nitrogens with one attached hydrogen (secondary N) is 1. The van der Waals surface area contributed by atoms with E-state index in [-0.39, 0.29) is 18.7 Å². The molecule has 0 heterocycles. The van der Waals surface area contributed by atoms with Crippen molar-refractivity contribution in [3.63, 3.8) is 0 Å². The molecule has 11 heavy (non-hydrogen) atoms. The van der Waals surface area contributed by atoms with Crippen molar-refractivity contribution in [2.24, 2.45) is 0 Å². The second-order valence-corrected chi connectivity index (χ2v) is 1.83. The fourth-order valence-electron chi connectivity index (χ4n) is 0.423. The SMILES string of the molecule is C=CC(=O)NCC(=O)CC=O. The van der Waals surface area contributed by atoms with E-state index in [4.69, 9.17) is 0 Å². The summed E-state index contributed by atoms with van der Waals surface area (Å²) in [5.41, 5.74) is 0. The minimum atomic E-state index is -0.413. The van der Waals surface area contributed by atoms with Crippen molar-refractivity contribution in [2.45, 2.75) is 6.42 Å². The van der Waals surface area contributed by atoms with Gasteiger partial charge in [-0.1, -0.05) is 6.58 Å². The third-order valence-electron chi connectivity index (χ3n) is 0.956. The monoisotopic (exact) mass is 155 g/mol. The van der Waals surface area contributed by atoms with Crippen LogP contribution in [0, 0.1) is 0 Å². The van der Waals surface area contributed by atoms with Gasteiger partial charge in [0.1, 0.15) is 6.29 Å². The summed E-state index contributed by atoms with van der Waals surface area (Å²) in [4.78, 5) is 30.8. The van der Waals surface area contributed by atoms with E-state index in [9.17, 15) is 14.4 Å². The number of Topliss-reactive ketones (excluding diaryl/α,β-unsaturated/α-hetero) is 1. The van der Waals surface area contributed by atoms with Crippen molar-refractivity contribution in [1.29, 1.82) is 0 Å². The van der Waals surface area contributed by atoms with Crippen LogP contribution in [0.25, 0.3) is 0 Å². The molecule has 0 rings (SSSR count). The van der Waals surface area contributed by atoms with E-state index in [0.29, 0.717) is 6.29 Å². The van der Waals surface area contributed by atoms with Gasteiger partial charge in [0, 0.05) is 0 Å². The summed E-state index contributed by atoms with van der Waals surface area (Å²) >= 11 is 0. The second-order valence-electron chi connectivity index (χ2n) is 1.83. The van der Waals surface area contributed by atoms with Crippen LogP contribution in [0.1, 0.15) is 6.42 Å². The van der Waals surface area contributed by atoms with Gasteiger partial charge in [-0.3, -0.25) is 9.59 Å². The van der Waals surface area contributed by atoms with Crippen molar-refractivity contribution >= 4 is 18.0 Å². The molecule has 0 aromatic carbocycles. The van der Waals surface area contributed by atoms with Gasteiger partial charge in [0.15, 0.2) is 5.78 Å². The lowest BCUT2D eigenvalue weighted by Crippen LogP contribution is -2.27. The molecule has 4 nitrogen and oxygen atoms in total. The Morgan fingerprint density at radius 1 is 1.45 bits per heavy atom. The van der Waals surface area contributed by atoms with Gasteiger partial charge in [0.2, 0.25) is 5.91 Å². The number of hydrogen-bond donors (Lipinski definition) is 1. The summed E-state index contributed by atoms with van der Waals surface area (Å²) in [6.07, 6.45) is 1.41. The molecule has 60 valence electrons. The first-order valence-corrected chi connectivity index (χ1v) is 3.06. The van der Waals surface area contributed by atoms with Crippen LogP contribution in [0.3, 0.4) is 0 Å². The van der Waals surface area contributed by atoms with E-state index in [2.05, 4.69) is 11.9 Å². The van der Waals surface area contributed by atoms with Gasteiger partial charge >= 0.3 is 0 Å². The lowest BCUT2D eigenvalue weighted by molar-refractivity contribution is -0.124. The number of amides is 1. The van der Waals surface area contributed by atoms with Gasteiger partial charge in [-0.25, -0.2) is 0 Å². The number of aldehydes is 1. The highest BCUT2D eigenvalue weighted by atomic mass is 16.2.